The molecule has 0 saturated heterocycles. The lowest BCUT2D eigenvalue weighted by Crippen LogP contribution is -2.11. The van der Waals surface area contributed by atoms with Gasteiger partial charge < -0.3 is 4.74 Å². The molecular formula is C19H22O2. The van der Waals surface area contributed by atoms with Crippen LogP contribution < -0.4 is 4.74 Å². The summed E-state index contributed by atoms with van der Waals surface area (Å²) in [6.45, 7) is 2.20. The first kappa shape index (κ1) is 15.3. The Balaban J connectivity index is 2.03. The molecule has 0 aliphatic carbocycles. The number of ether oxygens (including phenoxy) is 1. The van der Waals surface area contributed by atoms with E-state index in [9.17, 15) is 4.79 Å². The number of rotatable bonds is 7. The van der Waals surface area contributed by atoms with E-state index in [0.29, 0.717) is 11.3 Å². The Morgan fingerprint density at radius 1 is 0.905 bits per heavy atom. The van der Waals surface area contributed by atoms with Gasteiger partial charge in [-0.2, -0.15) is 0 Å². The molecular weight excluding hydrogens is 260 g/mol. The molecule has 2 rings (SSSR count). The fourth-order valence-electron chi connectivity index (χ4n) is 2.33. The lowest BCUT2D eigenvalue weighted by Gasteiger charge is -2.09. The van der Waals surface area contributed by atoms with Crippen LogP contribution in [-0.4, -0.2) is 5.97 Å². The largest absolute Gasteiger partial charge is 0.423 e. The van der Waals surface area contributed by atoms with Gasteiger partial charge in [-0.3, -0.25) is 0 Å². The average molecular weight is 282 g/mol. The van der Waals surface area contributed by atoms with E-state index in [1.807, 2.05) is 42.5 Å². The standard InChI is InChI=1S/C19H22O2/c1-2-3-4-6-11-16-12-9-10-15-18(16)19(20)21-17-13-7-5-8-14-17/h5,7-10,12-15H,2-4,6,11H2,1H3. The van der Waals surface area contributed by atoms with E-state index >= 15 is 0 Å². The summed E-state index contributed by atoms with van der Waals surface area (Å²) in [6.07, 6.45) is 5.72. The minimum Gasteiger partial charge on any atom is -0.423 e. The summed E-state index contributed by atoms with van der Waals surface area (Å²) >= 11 is 0. The van der Waals surface area contributed by atoms with Crippen molar-refractivity contribution in [3.8, 4) is 5.75 Å². The van der Waals surface area contributed by atoms with E-state index < -0.39 is 0 Å². The van der Waals surface area contributed by atoms with Crippen molar-refractivity contribution in [2.24, 2.45) is 0 Å². The molecule has 0 aromatic heterocycles. The fourth-order valence-corrected chi connectivity index (χ4v) is 2.33. The average Bonchev–Trinajstić information content (AvgIpc) is 2.53. The number of hydrogen-bond donors (Lipinski definition) is 0. The van der Waals surface area contributed by atoms with E-state index in [0.717, 1.165) is 18.4 Å². The summed E-state index contributed by atoms with van der Waals surface area (Å²) in [5.74, 6) is 0.315. The highest BCUT2D eigenvalue weighted by Gasteiger charge is 2.12. The quantitative estimate of drug-likeness (QED) is 0.404. The van der Waals surface area contributed by atoms with Crippen LogP contribution in [0.2, 0.25) is 0 Å². The number of hydrogen-bond acceptors (Lipinski definition) is 2. The summed E-state index contributed by atoms with van der Waals surface area (Å²) in [5, 5.41) is 0. The lowest BCUT2D eigenvalue weighted by atomic mass is 10.0. The zero-order chi connectivity index (χ0) is 14.9. The number of benzene rings is 2. The summed E-state index contributed by atoms with van der Waals surface area (Å²) in [6, 6.07) is 16.9. The molecule has 0 bridgehead atoms. The molecule has 110 valence electrons. The van der Waals surface area contributed by atoms with E-state index in [4.69, 9.17) is 4.74 Å². The molecule has 0 N–H and O–H groups in total. The van der Waals surface area contributed by atoms with Gasteiger partial charge in [-0.25, -0.2) is 4.79 Å². The normalized spacial score (nSPS) is 10.3. The molecule has 0 aliphatic rings. The molecule has 21 heavy (non-hydrogen) atoms. The molecule has 0 amide bonds. The highest BCUT2D eigenvalue weighted by atomic mass is 16.5. The zero-order valence-electron chi connectivity index (χ0n) is 12.5. The molecule has 2 heteroatoms. The fraction of sp³-hybridized carbons (Fsp3) is 0.316. The van der Waals surface area contributed by atoms with Crippen LogP contribution in [0, 0.1) is 0 Å². The predicted molar refractivity (Wildman–Crippen MR) is 85.7 cm³/mol. The molecule has 2 aromatic carbocycles. The first-order valence-electron chi connectivity index (χ1n) is 7.66. The van der Waals surface area contributed by atoms with E-state index in [2.05, 4.69) is 6.92 Å². The van der Waals surface area contributed by atoms with Crippen molar-refractivity contribution in [3.05, 3.63) is 65.7 Å². The monoisotopic (exact) mass is 282 g/mol. The minimum absolute atomic E-state index is 0.271. The van der Waals surface area contributed by atoms with Gasteiger partial charge in [0, 0.05) is 0 Å². The summed E-state index contributed by atoms with van der Waals surface area (Å²) in [7, 11) is 0. The zero-order valence-corrected chi connectivity index (χ0v) is 12.5. The second-order valence-corrected chi connectivity index (χ2v) is 5.17. The molecule has 0 fully saturated rings. The maximum atomic E-state index is 12.3. The molecule has 2 nitrogen and oxygen atoms in total. The molecule has 0 aliphatic heterocycles. The molecule has 0 spiro atoms. The topological polar surface area (TPSA) is 26.3 Å². The number of esters is 1. The van der Waals surface area contributed by atoms with Crippen molar-refractivity contribution in [2.45, 2.75) is 39.0 Å². The smallest absolute Gasteiger partial charge is 0.343 e. The van der Waals surface area contributed by atoms with Crippen LogP contribution in [-0.2, 0) is 6.42 Å². The van der Waals surface area contributed by atoms with Crippen LogP contribution in [0.15, 0.2) is 54.6 Å². The molecule has 2 aromatic rings. The van der Waals surface area contributed by atoms with Crippen LogP contribution in [0.25, 0.3) is 0 Å². The Hall–Kier alpha value is -2.09. The SMILES string of the molecule is CCCCCCc1ccccc1C(=O)Oc1ccccc1. The van der Waals surface area contributed by atoms with Gasteiger partial charge in [-0.15, -0.1) is 0 Å². The molecule has 0 saturated carbocycles. The Morgan fingerprint density at radius 3 is 2.38 bits per heavy atom. The maximum absolute atomic E-state index is 12.3. The second kappa shape index (κ2) is 8.25. The third-order valence-corrected chi connectivity index (χ3v) is 3.49. The molecule has 0 heterocycles. The van der Waals surface area contributed by atoms with Gasteiger partial charge in [0.05, 0.1) is 5.56 Å². The van der Waals surface area contributed by atoms with Gasteiger partial charge >= 0.3 is 5.97 Å². The predicted octanol–water partition coefficient (Wildman–Crippen LogP) is 5.03. The van der Waals surface area contributed by atoms with Gasteiger partial charge in [-0.1, -0.05) is 62.6 Å². The first-order chi connectivity index (χ1) is 10.3. The summed E-state index contributed by atoms with van der Waals surface area (Å²) in [4.78, 5) is 12.3. The third kappa shape index (κ3) is 4.75. The molecule has 0 atom stereocenters. The van der Waals surface area contributed by atoms with Crippen LogP contribution in [0.3, 0.4) is 0 Å². The van der Waals surface area contributed by atoms with Crippen molar-refractivity contribution in [1.82, 2.24) is 0 Å². The van der Waals surface area contributed by atoms with E-state index in [1.54, 1.807) is 12.1 Å². The van der Waals surface area contributed by atoms with Crippen molar-refractivity contribution in [1.29, 1.82) is 0 Å². The van der Waals surface area contributed by atoms with Crippen molar-refractivity contribution >= 4 is 5.97 Å². The second-order valence-electron chi connectivity index (χ2n) is 5.17. The van der Waals surface area contributed by atoms with Crippen molar-refractivity contribution in [2.75, 3.05) is 0 Å². The van der Waals surface area contributed by atoms with Crippen molar-refractivity contribution < 1.29 is 9.53 Å². The van der Waals surface area contributed by atoms with Gasteiger partial charge in [-0.05, 0) is 36.6 Å². The van der Waals surface area contributed by atoms with Gasteiger partial charge in [0.15, 0.2) is 0 Å². The number of unbranched alkanes of at least 4 members (excludes halogenated alkanes) is 3. The maximum Gasteiger partial charge on any atom is 0.343 e. The Bertz CT molecular complexity index is 561. The number of carbonyl (C=O) groups is 1. The molecule has 0 unspecified atom stereocenters. The van der Waals surface area contributed by atoms with Gasteiger partial charge in [0.25, 0.3) is 0 Å². The highest BCUT2D eigenvalue weighted by molar-refractivity contribution is 5.92. The molecule has 0 radical (unpaired) electrons. The number of aryl methyl sites for hydroxylation is 1. The van der Waals surface area contributed by atoms with Crippen molar-refractivity contribution in [3.63, 3.8) is 0 Å². The number of para-hydroxylation sites is 1. The Morgan fingerprint density at radius 2 is 1.62 bits per heavy atom. The number of carbonyl (C=O) groups excluding carboxylic acids is 1. The van der Waals surface area contributed by atoms with E-state index in [-0.39, 0.29) is 5.97 Å². The minimum atomic E-state index is -0.271. The van der Waals surface area contributed by atoms with Crippen LogP contribution in [0.1, 0.15) is 48.5 Å². The van der Waals surface area contributed by atoms with Crippen LogP contribution in [0.5, 0.6) is 5.75 Å². The van der Waals surface area contributed by atoms with Crippen LogP contribution in [0.4, 0.5) is 0 Å². The first-order valence-corrected chi connectivity index (χ1v) is 7.66. The summed E-state index contributed by atoms with van der Waals surface area (Å²) < 4.78 is 5.43. The summed E-state index contributed by atoms with van der Waals surface area (Å²) in [5.41, 5.74) is 1.76. The Kier molecular flexibility index (Phi) is 6.01. The lowest BCUT2D eigenvalue weighted by molar-refractivity contribution is 0.0733. The Labute approximate surface area is 126 Å². The third-order valence-electron chi connectivity index (χ3n) is 3.49. The highest BCUT2D eigenvalue weighted by Crippen LogP contribution is 2.17. The van der Waals surface area contributed by atoms with Gasteiger partial charge in [0.1, 0.15) is 5.75 Å². The van der Waals surface area contributed by atoms with Crippen LogP contribution >= 0.6 is 0 Å². The van der Waals surface area contributed by atoms with E-state index in [1.165, 1.54) is 19.3 Å². The van der Waals surface area contributed by atoms with Gasteiger partial charge in [0.2, 0.25) is 0 Å².